The number of nitrogens with zero attached hydrogens (tertiary/aromatic N) is 2. The Morgan fingerprint density at radius 3 is 2.83 bits per heavy atom. The number of nitriles is 1. The lowest BCUT2D eigenvalue weighted by molar-refractivity contribution is 0.0640. The van der Waals surface area contributed by atoms with Crippen LogP contribution in [0.4, 0.5) is 5.69 Å². The summed E-state index contributed by atoms with van der Waals surface area (Å²) in [5.41, 5.74) is -0.289. The molecule has 0 radical (unpaired) electrons. The second kappa shape index (κ2) is 7.50. The highest BCUT2D eigenvalue weighted by molar-refractivity contribution is 7.89. The molecule has 0 saturated heterocycles. The first-order valence-corrected chi connectivity index (χ1v) is 10.3. The summed E-state index contributed by atoms with van der Waals surface area (Å²) in [5.74, 6) is 1.36. The molecule has 3 N–H and O–H groups in total. The molecule has 10 heteroatoms. The summed E-state index contributed by atoms with van der Waals surface area (Å²) in [4.78, 5) is 12.7. The van der Waals surface area contributed by atoms with E-state index in [1.54, 1.807) is 19.1 Å². The molecule has 0 spiro atoms. The highest BCUT2D eigenvalue weighted by atomic mass is 32.2. The molecular weight excluding hydrogens is 408 g/mol. The second-order valence-corrected chi connectivity index (χ2v) is 8.84. The summed E-state index contributed by atoms with van der Waals surface area (Å²) in [5, 5.41) is 22.1. The highest BCUT2D eigenvalue weighted by Gasteiger charge is 2.40. The van der Waals surface area contributed by atoms with Gasteiger partial charge in [0.2, 0.25) is 10.0 Å². The Morgan fingerprint density at radius 1 is 1.50 bits per heavy atom. The molecule has 0 saturated carbocycles. The Morgan fingerprint density at radius 2 is 2.20 bits per heavy atom. The third kappa shape index (κ3) is 3.76. The molecule has 2 heterocycles. The summed E-state index contributed by atoms with van der Waals surface area (Å²) in [6, 6.07) is 5.77. The molecule has 0 fully saturated rings. The fraction of sp³-hybridized carbons (Fsp3) is 0.300. The van der Waals surface area contributed by atoms with Gasteiger partial charge in [0.25, 0.3) is 5.91 Å². The number of sulfonamides is 1. The number of aromatic nitrogens is 1. The van der Waals surface area contributed by atoms with E-state index in [-0.39, 0.29) is 22.9 Å². The third-order valence-electron chi connectivity index (χ3n) is 4.89. The topological polar surface area (TPSA) is 133 Å². The van der Waals surface area contributed by atoms with E-state index in [1.165, 1.54) is 30.8 Å². The molecule has 9 nitrogen and oxygen atoms in total. The number of hydrogen-bond donors (Lipinski definition) is 3. The first-order valence-electron chi connectivity index (χ1n) is 8.87. The summed E-state index contributed by atoms with van der Waals surface area (Å²) in [7, 11) is -2.61. The second-order valence-electron chi connectivity index (χ2n) is 7.15. The lowest BCUT2D eigenvalue weighted by atomic mass is 9.99. The summed E-state index contributed by atoms with van der Waals surface area (Å²) < 4.78 is 34.8. The Balaban J connectivity index is 1.99. The zero-order valence-electron chi connectivity index (χ0n) is 16.6. The van der Waals surface area contributed by atoms with Gasteiger partial charge < -0.3 is 19.7 Å². The maximum absolute atomic E-state index is 12.9. The minimum absolute atomic E-state index is 0.0320. The van der Waals surface area contributed by atoms with Gasteiger partial charge in [-0.25, -0.2) is 13.1 Å². The van der Waals surface area contributed by atoms with Gasteiger partial charge in [0.05, 0.1) is 17.7 Å². The van der Waals surface area contributed by atoms with Gasteiger partial charge in [-0.2, -0.15) is 5.26 Å². The largest absolute Gasteiger partial charge is 0.488 e. The van der Waals surface area contributed by atoms with Crippen molar-refractivity contribution in [3.8, 4) is 24.2 Å². The van der Waals surface area contributed by atoms with Crippen LogP contribution < -0.4 is 14.8 Å². The number of terminal acetylenes is 1. The normalized spacial score (nSPS) is 19.2. The molecule has 1 aliphatic rings. The lowest BCUT2D eigenvalue weighted by Crippen LogP contribution is -2.52. The van der Waals surface area contributed by atoms with Gasteiger partial charge in [0.1, 0.15) is 17.1 Å². The van der Waals surface area contributed by atoms with Crippen molar-refractivity contribution >= 4 is 21.6 Å². The van der Waals surface area contributed by atoms with Crippen LogP contribution >= 0.6 is 0 Å². The molecule has 156 valence electrons. The molecule has 30 heavy (non-hydrogen) atoms. The predicted octanol–water partition coefficient (Wildman–Crippen LogP) is 0.881. The van der Waals surface area contributed by atoms with Crippen molar-refractivity contribution in [2.45, 2.75) is 30.4 Å². The molecule has 0 bridgehead atoms. The van der Waals surface area contributed by atoms with Crippen molar-refractivity contribution in [3.63, 3.8) is 0 Å². The number of aryl methyl sites for hydroxylation is 2. The predicted molar refractivity (Wildman–Crippen MR) is 108 cm³/mol. The average Bonchev–Trinajstić information content (AvgIpc) is 2.97. The van der Waals surface area contributed by atoms with E-state index in [0.717, 1.165) is 5.56 Å². The zero-order chi connectivity index (χ0) is 22.3. The monoisotopic (exact) mass is 428 g/mol. The molecule has 0 unspecified atom stereocenters. The number of carbonyl (C=O) groups excluding carboxylic acids is 1. The fourth-order valence-corrected chi connectivity index (χ4v) is 4.51. The van der Waals surface area contributed by atoms with Gasteiger partial charge in [-0.15, -0.1) is 6.42 Å². The smallest absolute Gasteiger partial charge is 0.276 e. The maximum atomic E-state index is 12.9. The number of carbonyl (C=O) groups is 1. The van der Waals surface area contributed by atoms with Crippen LogP contribution in [0.1, 0.15) is 28.5 Å². The molecule has 1 aromatic carbocycles. The summed E-state index contributed by atoms with van der Waals surface area (Å²) in [6.07, 6.45) is 6.54. The molecule has 0 aliphatic carbocycles. The number of nitrogens with one attached hydrogen (secondary N) is 2. The standard InChI is InChI=1S/C20H20N4O5S/c1-5-20(3,26)16-11-29-18-15(30(27,28)23-16)10-24(4)17(18)19(25)22-14-7-6-12(2)13(8-14)9-21/h1,6-8,10,16,23,26H,11H2,2-4H3,(H,22,25)/t16-,20+/m1/s1. The van der Waals surface area contributed by atoms with E-state index >= 15 is 0 Å². The molecular formula is C20H20N4O5S. The fourth-order valence-electron chi connectivity index (χ4n) is 3.01. The van der Waals surface area contributed by atoms with Crippen molar-refractivity contribution in [1.29, 1.82) is 5.26 Å². The molecule has 3 rings (SSSR count). The quantitative estimate of drug-likeness (QED) is 0.622. The van der Waals surface area contributed by atoms with Crippen LogP contribution in [0, 0.1) is 30.6 Å². The number of aliphatic hydroxyl groups is 1. The Kier molecular flexibility index (Phi) is 5.35. The van der Waals surface area contributed by atoms with Crippen LogP contribution in [-0.4, -0.2) is 42.2 Å². The van der Waals surface area contributed by atoms with Gasteiger partial charge in [-0.3, -0.25) is 4.79 Å². The summed E-state index contributed by atoms with van der Waals surface area (Å²) >= 11 is 0. The molecule has 2 aromatic rings. The SMILES string of the molecule is C#C[C@](C)(O)[C@H]1COc2c(cn(C)c2C(=O)Nc2ccc(C)c(C#N)c2)S(=O)(=O)N1. The summed E-state index contributed by atoms with van der Waals surface area (Å²) in [6.45, 7) is 2.78. The third-order valence-corrected chi connectivity index (χ3v) is 6.35. The lowest BCUT2D eigenvalue weighted by Gasteiger charge is -2.26. The Bertz CT molecular complexity index is 1220. The maximum Gasteiger partial charge on any atom is 0.276 e. The van der Waals surface area contributed by atoms with E-state index in [0.29, 0.717) is 11.3 Å². The van der Waals surface area contributed by atoms with Gasteiger partial charge in [-0.05, 0) is 31.5 Å². The van der Waals surface area contributed by atoms with Crippen LogP contribution in [0.3, 0.4) is 0 Å². The average molecular weight is 428 g/mol. The van der Waals surface area contributed by atoms with Crippen molar-refractivity contribution in [2.24, 2.45) is 7.05 Å². The number of benzene rings is 1. The van der Waals surface area contributed by atoms with Crippen molar-refractivity contribution in [1.82, 2.24) is 9.29 Å². The molecule has 1 amide bonds. The van der Waals surface area contributed by atoms with E-state index < -0.39 is 27.6 Å². The van der Waals surface area contributed by atoms with Crippen molar-refractivity contribution < 1.29 is 23.1 Å². The first kappa shape index (κ1) is 21.4. The van der Waals surface area contributed by atoms with Gasteiger partial charge >= 0.3 is 0 Å². The number of ether oxygens (including phenoxy) is 1. The van der Waals surface area contributed by atoms with E-state index in [2.05, 4.69) is 16.0 Å². The van der Waals surface area contributed by atoms with Crippen LogP contribution in [0.2, 0.25) is 0 Å². The highest BCUT2D eigenvalue weighted by Crippen LogP contribution is 2.34. The molecule has 1 aliphatic heterocycles. The van der Waals surface area contributed by atoms with Gasteiger partial charge in [-0.1, -0.05) is 12.0 Å². The number of amides is 1. The molecule has 2 atom stereocenters. The van der Waals surface area contributed by atoms with Crippen molar-refractivity contribution in [2.75, 3.05) is 11.9 Å². The number of hydrogen-bond acceptors (Lipinski definition) is 6. The van der Waals surface area contributed by atoms with Crippen LogP contribution in [0.25, 0.3) is 0 Å². The van der Waals surface area contributed by atoms with E-state index in [4.69, 9.17) is 16.4 Å². The van der Waals surface area contributed by atoms with E-state index in [9.17, 15) is 18.3 Å². The van der Waals surface area contributed by atoms with Gasteiger partial charge in [0, 0.05) is 18.9 Å². The van der Waals surface area contributed by atoms with Crippen LogP contribution in [0.15, 0.2) is 29.3 Å². The zero-order valence-corrected chi connectivity index (χ0v) is 17.4. The van der Waals surface area contributed by atoms with Crippen LogP contribution in [-0.2, 0) is 17.1 Å². The van der Waals surface area contributed by atoms with Crippen LogP contribution in [0.5, 0.6) is 5.75 Å². The Labute approximate surface area is 174 Å². The minimum atomic E-state index is -4.12. The number of anilines is 1. The molecule has 1 aromatic heterocycles. The van der Waals surface area contributed by atoms with Crippen molar-refractivity contribution in [3.05, 3.63) is 41.2 Å². The minimum Gasteiger partial charge on any atom is -0.488 e. The van der Waals surface area contributed by atoms with Gasteiger partial charge in [0.15, 0.2) is 11.4 Å². The van der Waals surface area contributed by atoms with E-state index in [1.807, 2.05) is 6.07 Å². The Hall–Kier alpha value is -3.31. The number of fused-ring (bicyclic) bond motifs is 1. The number of rotatable bonds is 3. The first-order chi connectivity index (χ1) is 14.0.